The second-order valence-electron chi connectivity index (χ2n) is 3.87. The van der Waals surface area contributed by atoms with Crippen molar-refractivity contribution in [1.29, 1.82) is 5.26 Å². The zero-order chi connectivity index (χ0) is 11.3. The minimum Gasteiger partial charge on any atom is -0.349 e. The molecule has 1 aliphatic heterocycles. The Labute approximate surface area is 95.9 Å². The first-order valence-electron chi connectivity index (χ1n) is 5.11. The van der Waals surface area contributed by atoms with Crippen LogP contribution in [0.2, 0.25) is 0 Å². The molecular formula is C10H18N4S. The first kappa shape index (κ1) is 12.3. The van der Waals surface area contributed by atoms with Crippen molar-refractivity contribution in [3.8, 4) is 6.19 Å². The summed E-state index contributed by atoms with van der Waals surface area (Å²) in [6.45, 7) is 2.23. The van der Waals surface area contributed by atoms with E-state index in [9.17, 15) is 0 Å². The van der Waals surface area contributed by atoms with Gasteiger partial charge in [0, 0.05) is 19.6 Å². The molecule has 0 aromatic rings. The van der Waals surface area contributed by atoms with Crippen LogP contribution in [-0.2, 0) is 0 Å². The number of hydrogen-bond acceptors (Lipinski definition) is 4. The molecule has 1 aliphatic rings. The van der Waals surface area contributed by atoms with Gasteiger partial charge in [0.15, 0.2) is 5.17 Å². The van der Waals surface area contributed by atoms with Gasteiger partial charge in [-0.2, -0.15) is 5.26 Å². The van der Waals surface area contributed by atoms with E-state index in [4.69, 9.17) is 5.26 Å². The molecule has 1 saturated heterocycles. The summed E-state index contributed by atoms with van der Waals surface area (Å²) in [5.41, 5.74) is 0. The van der Waals surface area contributed by atoms with E-state index >= 15 is 0 Å². The van der Waals surface area contributed by atoms with Crippen LogP contribution in [0.25, 0.3) is 0 Å². The third kappa shape index (κ3) is 3.40. The van der Waals surface area contributed by atoms with Crippen molar-refractivity contribution in [2.45, 2.75) is 18.9 Å². The molecule has 5 heteroatoms. The first-order chi connectivity index (χ1) is 7.19. The lowest BCUT2D eigenvalue weighted by Gasteiger charge is -2.36. The summed E-state index contributed by atoms with van der Waals surface area (Å²) >= 11 is 1.53. The number of likely N-dealkylation sites (N-methyl/N-ethyl adjacent to an activating group) is 2. The maximum atomic E-state index is 8.58. The Morgan fingerprint density at radius 3 is 2.93 bits per heavy atom. The molecule has 0 saturated carbocycles. The molecule has 0 aliphatic carbocycles. The number of rotatable bonds is 1. The predicted molar refractivity (Wildman–Crippen MR) is 64.8 cm³/mol. The van der Waals surface area contributed by atoms with Crippen LogP contribution in [0.4, 0.5) is 0 Å². The minimum atomic E-state index is 0.489. The average molecular weight is 226 g/mol. The van der Waals surface area contributed by atoms with E-state index in [1.165, 1.54) is 31.1 Å². The highest BCUT2D eigenvalue weighted by Crippen LogP contribution is 2.16. The Bertz CT molecular complexity index is 271. The maximum Gasteiger partial charge on any atom is 0.208 e. The molecule has 0 spiro atoms. The van der Waals surface area contributed by atoms with E-state index in [1.807, 2.05) is 19.5 Å². The molecule has 84 valence electrons. The molecule has 1 rings (SSSR count). The summed E-state index contributed by atoms with van der Waals surface area (Å²) in [4.78, 5) is 8.29. The van der Waals surface area contributed by atoms with Gasteiger partial charge in [-0.05, 0) is 32.7 Å². The van der Waals surface area contributed by atoms with Crippen molar-refractivity contribution in [2.75, 3.05) is 33.4 Å². The van der Waals surface area contributed by atoms with Crippen LogP contribution in [0.5, 0.6) is 0 Å². The van der Waals surface area contributed by atoms with Gasteiger partial charge in [0.1, 0.15) is 0 Å². The summed E-state index contributed by atoms with van der Waals surface area (Å²) in [6, 6.07) is 0.489. The van der Waals surface area contributed by atoms with Gasteiger partial charge in [-0.1, -0.05) is 11.8 Å². The van der Waals surface area contributed by atoms with Gasteiger partial charge < -0.3 is 9.80 Å². The maximum absolute atomic E-state index is 8.58. The summed E-state index contributed by atoms with van der Waals surface area (Å²) in [5, 5.41) is 9.40. The molecule has 0 amide bonds. The number of hydrogen-bond donors (Lipinski definition) is 0. The summed E-state index contributed by atoms with van der Waals surface area (Å²) in [7, 11) is 4.16. The molecule has 0 N–H and O–H groups in total. The fourth-order valence-electron chi connectivity index (χ4n) is 1.92. The van der Waals surface area contributed by atoms with Crippen molar-refractivity contribution < 1.29 is 0 Å². The van der Waals surface area contributed by atoms with Gasteiger partial charge in [-0.3, -0.25) is 0 Å². The molecule has 4 nitrogen and oxygen atoms in total. The van der Waals surface area contributed by atoms with Crippen molar-refractivity contribution in [1.82, 2.24) is 9.80 Å². The van der Waals surface area contributed by atoms with E-state index in [0.717, 1.165) is 11.7 Å². The van der Waals surface area contributed by atoms with E-state index in [0.29, 0.717) is 6.04 Å². The molecular weight excluding hydrogens is 208 g/mol. The van der Waals surface area contributed by atoms with E-state index < -0.39 is 0 Å². The van der Waals surface area contributed by atoms with Gasteiger partial charge in [-0.25, -0.2) is 0 Å². The zero-order valence-electron chi connectivity index (χ0n) is 9.60. The van der Waals surface area contributed by atoms with Crippen LogP contribution in [0.3, 0.4) is 0 Å². The highest BCUT2D eigenvalue weighted by Gasteiger charge is 2.22. The fourth-order valence-corrected chi connectivity index (χ4v) is 2.49. The lowest BCUT2D eigenvalue weighted by atomic mass is 10.1. The van der Waals surface area contributed by atoms with Gasteiger partial charge in [0.05, 0.1) is 0 Å². The molecule has 1 unspecified atom stereocenters. The molecule has 0 aromatic carbocycles. The van der Waals surface area contributed by atoms with Crippen molar-refractivity contribution in [3.05, 3.63) is 0 Å². The SMILES string of the molecule is CSC(=NC#N)N(C)C1CCCN(C)C1. The molecule has 0 bridgehead atoms. The van der Waals surface area contributed by atoms with Gasteiger partial charge >= 0.3 is 0 Å². The Morgan fingerprint density at radius 1 is 1.67 bits per heavy atom. The molecule has 0 aromatic heterocycles. The van der Waals surface area contributed by atoms with Gasteiger partial charge in [0.2, 0.25) is 6.19 Å². The molecule has 1 heterocycles. The van der Waals surface area contributed by atoms with Gasteiger partial charge in [-0.15, -0.1) is 4.99 Å². The Kier molecular flexibility index (Phi) is 4.92. The standard InChI is InChI=1S/C10H18N4S/c1-13-6-4-5-9(7-13)14(2)10(15-3)12-8-11/h9H,4-7H2,1-3H3. The van der Waals surface area contributed by atoms with Crippen LogP contribution in [0.15, 0.2) is 4.99 Å². The largest absolute Gasteiger partial charge is 0.349 e. The second-order valence-corrected chi connectivity index (χ2v) is 4.64. The highest BCUT2D eigenvalue weighted by atomic mass is 32.2. The highest BCUT2D eigenvalue weighted by molar-refractivity contribution is 8.13. The predicted octanol–water partition coefficient (Wildman–Crippen LogP) is 1.21. The van der Waals surface area contributed by atoms with E-state index in [2.05, 4.69) is 21.8 Å². The number of amidine groups is 1. The Balaban J connectivity index is 2.62. The molecule has 1 fully saturated rings. The first-order valence-corrected chi connectivity index (χ1v) is 6.33. The fraction of sp³-hybridized carbons (Fsp3) is 0.800. The van der Waals surface area contributed by atoms with Gasteiger partial charge in [0.25, 0.3) is 0 Å². The van der Waals surface area contributed by atoms with Crippen molar-refractivity contribution >= 4 is 16.9 Å². The monoisotopic (exact) mass is 226 g/mol. The Morgan fingerprint density at radius 2 is 2.40 bits per heavy atom. The van der Waals surface area contributed by atoms with E-state index in [-0.39, 0.29) is 0 Å². The molecule has 0 radical (unpaired) electrons. The third-order valence-electron chi connectivity index (χ3n) is 2.78. The number of likely N-dealkylation sites (tertiary alicyclic amines) is 1. The number of nitriles is 1. The summed E-state index contributed by atoms with van der Waals surface area (Å²) in [5.74, 6) is 0. The summed E-state index contributed by atoms with van der Waals surface area (Å²) in [6.07, 6.45) is 6.23. The molecule has 15 heavy (non-hydrogen) atoms. The smallest absolute Gasteiger partial charge is 0.208 e. The number of nitrogens with zero attached hydrogens (tertiary/aromatic N) is 4. The Hall–Kier alpha value is -0.730. The lowest BCUT2D eigenvalue weighted by molar-refractivity contribution is 0.184. The third-order valence-corrected chi connectivity index (χ3v) is 3.52. The van der Waals surface area contributed by atoms with Crippen molar-refractivity contribution in [2.24, 2.45) is 4.99 Å². The second kappa shape index (κ2) is 5.99. The molecule has 1 atom stereocenters. The number of piperidine rings is 1. The lowest BCUT2D eigenvalue weighted by Crippen LogP contribution is -2.46. The topological polar surface area (TPSA) is 42.6 Å². The summed E-state index contributed by atoms with van der Waals surface area (Å²) < 4.78 is 0. The number of aliphatic imine (C=N–C) groups is 1. The van der Waals surface area contributed by atoms with Crippen LogP contribution >= 0.6 is 11.8 Å². The number of thioether (sulfide) groups is 1. The van der Waals surface area contributed by atoms with Crippen LogP contribution in [0, 0.1) is 11.5 Å². The minimum absolute atomic E-state index is 0.489. The van der Waals surface area contributed by atoms with Crippen LogP contribution < -0.4 is 0 Å². The van der Waals surface area contributed by atoms with Crippen molar-refractivity contribution in [3.63, 3.8) is 0 Å². The van der Waals surface area contributed by atoms with Crippen LogP contribution in [-0.4, -0.2) is 54.4 Å². The van der Waals surface area contributed by atoms with Crippen LogP contribution in [0.1, 0.15) is 12.8 Å². The van der Waals surface area contributed by atoms with E-state index in [1.54, 1.807) is 0 Å². The normalized spacial score (nSPS) is 23.6. The zero-order valence-corrected chi connectivity index (χ0v) is 10.4. The quantitative estimate of drug-likeness (QED) is 0.383. The average Bonchev–Trinajstić information content (AvgIpc) is 2.25.